The van der Waals surface area contributed by atoms with Gasteiger partial charge in [-0.3, -0.25) is 0 Å². The number of hydrogen-bond acceptors (Lipinski definition) is 4. The second-order valence-electron chi connectivity index (χ2n) is 6.79. The van der Waals surface area contributed by atoms with Crippen molar-refractivity contribution in [2.75, 3.05) is 19.7 Å². The van der Waals surface area contributed by atoms with Gasteiger partial charge in [-0.15, -0.1) is 5.06 Å². The van der Waals surface area contributed by atoms with Crippen molar-refractivity contribution in [3.05, 3.63) is 30.1 Å². The molecule has 0 spiro atoms. The zero-order valence-corrected chi connectivity index (χ0v) is 13.5. The highest BCUT2D eigenvalue weighted by Crippen LogP contribution is 2.22. The Hall–Kier alpha value is -1.62. The van der Waals surface area contributed by atoms with Gasteiger partial charge in [-0.1, -0.05) is 0 Å². The number of halogens is 1. The SMILES string of the molecule is CC(C)(C)C(=O)ON1CCCC(COc2ccc(F)cc2)C1. The molecule has 0 bridgehead atoms. The van der Waals surface area contributed by atoms with Crippen LogP contribution in [0.3, 0.4) is 0 Å². The summed E-state index contributed by atoms with van der Waals surface area (Å²) >= 11 is 0. The first kappa shape index (κ1) is 16.7. The molecule has 1 aliphatic heterocycles. The van der Waals surface area contributed by atoms with Gasteiger partial charge >= 0.3 is 5.97 Å². The van der Waals surface area contributed by atoms with E-state index < -0.39 is 5.41 Å². The zero-order chi connectivity index (χ0) is 16.2. The molecule has 0 saturated carbocycles. The van der Waals surface area contributed by atoms with Crippen LogP contribution in [0.15, 0.2) is 24.3 Å². The Morgan fingerprint density at radius 3 is 2.64 bits per heavy atom. The van der Waals surface area contributed by atoms with E-state index in [1.54, 1.807) is 17.2 Å². The van der Waals surface area contributed by atoms with E-state index in [1.807, 2.05) is 20.8 Å². The Balaban J connectivity index is 1.80. The Morgan fingerprint density at radius 1 is 1.32 bits per heavy atom. The highest BCUT2D eigenvalue weighted by atomic mass is 19.1. The molecule has 1 heterocycles. The number of carbonyl (C=O) groups excluding carboxylic acids is 1. The van der Waals surface area contributed by atoms with Crippen LogP contribution in [0.25, 0.3) is 0 Å². The summed E-state index contributed by atoms with van der Waals surface area (Å²) in [5, 5.41) is 1.73. The maximum Gasteiger partial charge on any atom is 0.330 e. The molecule has 0 aliphatic carbocycles. The molecule has 1 unspecified atom stereocenters. The monoisotopic (exact) mass is 309 g/mol. The molecule has 122 valence electrons. The van der Waals surface area contributed by atoms with Gasteiger partial charge in [-0.2, -0.15) is 0 Å². The molecule has 0 aromatic heterocycles. The van der Waals surface area contributed by atoms with E-state index in [4.69, 9.17) is 9.57 Å². The summed E-state index contributed by atoms with van der Waals surface area (Å²) in [4.78, 5) is 17.4. The first-order chi connectivity index (χ1) is 10.3. The van der Waals surface area contributed by atoms with Crippen LogP contribution in [0.5, 0.6) is 5.75 Å². The fourth-order valence-corrected chi connectivity index (χ4v) is 2.24. The molecule has 2 rings (SSSR count). The van der Waals surface area contributed by atoms with Gasteiger partial charge in [0.25, 0.3) is 0 Å². The predicted molar refractivity (Wildman–Crippen MR) is 81.7 cm³/mol. The minimum absolute atomic E-state index is 0.215. The van der Waals surface area contributed by atoms with Gasteiger partial charge < -0.3 is 9.57 Å². The van der Waals surface area contributed by atoms with Crippen molar-refractivity contribution >= 4 is 5.97 Å². The molecule has 22 heavy (non-hydrogen) atoms. The minimum atomic E-state index is -0.502. The third kappa shape index (κ3) is 4.98. The van der Waals surface area contributed by atoms with Crippen LogP contribution in [-0.2, 0) is 9.63 Å². The smallest absolute Gasteiger partial charge is 0.330 e. The van der Waals surface area contributed by atoms with E-state index in [-0.39, 0.29) is 11.8 Å². The van der Waals surface area contributed by atoms with Gasteiger partial charge in [-0.25, -0.2) is 9.18 Å². The van der Waals surface area contributed by atoms with Gasteiger partial charge in [0.2, 0.25) is 0 Å². The number of rotatable bonds is 4. The average molecular weight is 309 g/mol. The average Bonchev–Trinajstić information content (AvgIpc) is 2.46. The van der Waals surface area contributed by atoms with Crippen molar-refractivity contribution < 1.29 is 18.8 Å². The molecule has 1 fully saturated rings. The maximum atomic E-state index is 12.8. The van der Waals surface area contributed by atoms with Crippen LogP contribution in [0, 0.1) is 17.2 Å². The third-order valence-corrected chi connectivity index (χ3v) is 3.61. The van der Waals surface area contributed by atoms with Crippen LogP contribution in [0.4, 0.5) is 4.39 Å². The summed E-state index contributed by atoms with van der Waals surface area (Å²) in [5.74, 6) is 0.467. The van der Waals surface area contributed by atoms with Crippen molar-refractivity contribution in [1.82, 2.24) is 5.06 Å². The fraction of sp³-hybridized carbons (Fsp3) is 0.588. The molecule has 0 N–H and O–H groups in total. The molecule has 0 radical (unpaired) electrons. The number of nitrogens with zero attached hydrogens (tertiary/aromatic N) is 1. The second kappa shape index (κ2) is 7.09. The summed E-state index contributed by atoms with van der Waals surface area (Å²) < 4.78 is 18.5. The van der Waals surface area contributed by atoms with E-state index in [9.17, 15) is 9.18 Å². The van der Waals surface area contributed by atoms with Crippen molar-refractivity contribution in [2.45, 2.75) is 33.6 Å². The standard InChI is InChI=1S/C17H24FNO3/c1-17(2,3)16(20)22-19-10-4-5-13(11-19)12-21-15-8-6-14(18)7-9-15/h6-9,13H,4-5,10-12H2,1-3H3. The third-order valence-electron chi connectivity index (χ3n) is 3.61. The van der Waals surface area contributed by atoms with Crippen molar-refractivity contribution in [3.8, 4) is 5.75 Å². The Bertz CT molecular complexity index is 496. The summed E-state index contributed by atoms with van der Waals surface area (Å²) in [5.41, 5.74) is -0.502. The lowest BCUT2D eigenvalue weighted by molar-refractivity contribution is -0.208. The van der Waals surface area contributed by atoms with E-state index in [2.05, 4.69) is 0 Å². The van der Waals surface area contributed by atoms with E-state index in [0.717, 1.165) is 19.4 Å². The van der Waals surface area contributed by atoms with Crippen molar-refractivity contribution in [1.29, 1.82) is 0 Å². The highest BCUT2D eigenvalue weighted by molar-refractivity contribution is 5.75. The van der Waals surface area contributed by atoms with Crippen molar-refractivity contribution in [3.63, 3.8) is 0 Å². The lowest BCUT2D eigenvalue weighted by Crippen LogP contribution is -2.41. The molecule has 5 heteroatoms. The highest BCUT2D eigenvalue weighted by Gasteiger charge is 2.29. The summed E-state index contributed by atoms with van der Waals surface area (Å²) in [6, 6.07) is 6.01. The van der Waals surface area contributed by atoms with Crippen LogP contribution < -0.4 is 4.74 Å². The molecule has 1 aromatic rings. The number of carbonyl (C=O) groups is 1. The zero-order valence-electron chi connectivity index (χ0n) is 13.5. The summed E-state index contributed by atoms with van der Waals surface area (Å²) in [6.07, 6.45) is 2.00. The molecule has 1 saturated heterocycles. The van der Waals surface area contributed by atoms with Crippen LogP contribution in [-0.4, -0.2) is 30.7 Å². The number of benzene rings is 1. The first-order valence-corrected chi connectivity index (χ1v) is 7.70. The summed E-state index contributed by atoms with van der Waals surface area (Å²) in [6.45, 7) is 7.49. The Morgan fingerprint density at radius 2 is 2.00 bits per heavy atom. The molecule has 1 atom stereocenters. The molecule has 1 aliphatic rings. The normalized spacial score (nSPS) is 19.7. The van der Waals surface area contributed by atoms with E-state index >= 15 is 0 Å². The lowest BCUT2D eigenvalue weighted by Gasteiger charge is -2.32. The van der Waals surface area contributed by atoms with Gasteiger partial charge in [0.15, 0.2) is 0 Å². The van der Waals surface area contributed by atoms with Crippen molar-refractivity contribution in [2.24, 2.45) is 11.3 Å². The molecule has 4 nitrogen and oxygen atoms in total. The fourth-order valence-electron chi connectivity index (χ4n) is 2.24. The van der Waals surface area contributed by atoms with Gasteiger partial charge in [0, 0.05) is 19.0 Å². The first-order valence-electron chi connectivity index (χ1n) is 7.70. The van der Waals surface area contributed by atoms with E-state index in [1.165, 1.54) is 12.1 Å². The number of piperidine rings is 1. The topological polar surface area (TPSA) is 38.8 Å². The lowest BCUT2D eigenvalue weighted by atomic mass is 9.97. The number of hydrogen-bond donors (Lipinski definition) is 0. The van der Waals surface area contributed by atoms with Crippen LogP contribution in [0.1, 0.15) is 33.6 Å². The quantitative estimate of drug-likeness (QED) is 0.854. The molecular formula is C17H24FNO3. The minimum Gasteiger partial charge on any atom is -0.493 e. The predicted octanol–water partition coefficient (Wildman–Crippen LogP) is 3.42. The Kier molecular flexibility index (Phi) is 5.40. The van der Waals surface area contributed by atoms with E-state index in [0.29, 0.717) is 24.8 Å². The number of ether oxygens (including phenoxy) is 1. The molecule has 0 amide bonds. The maximum absolute atomic E-state index is 12.8. The molecule has 1 aromatic carbocycles. The van der Waals surface area contributed by atoms with Gasteiger partial charge in [0.05, 0.1) is 12.0 Å². The van der Waals surface area contributed by atoms with Crippen LogP contribution in [0.2, 0.25) is 0 Å². The van der Waals surface area contributed by atoms with Gasteiger partial charge in [-0.05, 0) is 57.9 Å². The Labute approximate surface area is 131 Å². The van der Waals surface area contributed by atoms with Crippen LogP contribution >= 0.6 is 0 Å². The largest absolute Gasteiger partial charge is 0.493 e. The number of hydroxylamine groups is 2. The summed E-state index contributed by atoms with van der Waals surface area (Å²) in [7, 11) is 0. The van der Waals surface area contributed by atoms with Gasteiger partial charge in [0.1, 0.15) is 11.6 Å². The second-order valence-corrected chi connectivity index (χ2v) is 6.79. The molecular weight excluding hydrogens is 285 g/mol.